The predicted molar refractivity (Wildman–Crippen MR) is 84.2 cm³/mol. The molecule has 0 bridgehead atoms. The molecule has 1 aliphatic heterocycles. The number of carbonyl (C=O) groups is 1. The zero-order valence-corrected chi connectivity index (χ0v) is 14.2. The van der Waals surface area contributed by atoms with Gasteiger partial charge in [-0.1, -0.05) is 20.8 Å². The SMILES string of the molecule is CCC1(CC)O[C@@H](n2cc(C)c(=O)[nH]c2=O)[C@@H](OC(C)=O)C1C. The van der Waals surface area contributed by atoms with E-state index in [-0.39, 0.29) is 5.92 Å². The molecule has 0 saturated carbocycles. The van der Waals surface area contributed by atoms with Crippen LogP contribution < -0.4 is 11.2 Å². The standard InChI is InChI=1S/C16H24N2O5/c1-6-16(7-2)10(4)12(22-11(5)19)14(23-16)18-8-9(3)13(20)17-15(18)21/h8,10,12,14H,6-7H2,1-5H3,(H,17,20,21)/t10?,12-,14+/m0/s1. The maximum atomic E-state index is 12.2. The van der Waals surface area contributed by atoms with Gasteiger partial charge in [0.1, 0.15) is 0 Å². The highest BCUT2D eigenvalue weighted by molar-refractivity contribution is 5.66. The molecule has 7 heteroatoms. The molecule has 1 aromatic heterocycles. The molecule has 1 saturated heterocycles. The fourth-order valence-corrected chi connectivity index (χ4v) is 3.36. The second kappa shape index (κ2) is 6.31. The average Bonchev–Trinajstić information content (AvgIpc) is 2.76. The summed E-state index contributed by atoms with van der Waals surface area (Å²) in [7, 11) is 0. The molecule has 2 heterocycles. The molecule has 0 amide bonds. The van der Waals surface area contributed by atoms with Gasteiger partial charge in [-0.2, -0.15) is 0 Å². The number of hydrogen-bond acceptors (Lipinski definition) is 5. The summed E-state index contributed by atoms with van der Waals surface area (Å²) in [6.07, 6.45) is 1.58. The number of esters is 1. The first-order valence-electron chi connectivity index (χ1n) is 7.92. The van der Waals surface area contributed by atoms with Crippen molar-refractivity contribution in [1.82, 2.24) is 9.55 Å². The number of hydrogen-bond donors (Lipinski definition) is 1. The van der Waals surface area contributed by atoms with Gasteiger partial charge in [-0.15, -0.1) is 0 Å². The molecule has 1 aromatic rings. The van der Waals surface area contributed by atoms with Gasteiger partial charge in [0.2, 0.25) is 0 Å². The molecule has 0 spiro atoms. The Balaban J connectivity index is 2.54. The Morgan fingerprint density at radius 3 is 2.52 bits per heavy atom. The van der Waals surface area contributed by atoms with Crippen molar-refractivity contribution in [3.8, 4) is 0 Å². The summed E-state index contributed by atoms with van der Waals surface area (Å²) >= 11 is 0. The topological polar surface area (TPSA) is 90.4 Å². The van der Waals surface area contributed by atoms with Crippen LogP contribution in [0.25, 0.3) is 0 Å². The third kappa shape index (κ3) is 2.97. The van der Waals surface area contributed by atoms with Crippen molar-refractivity contribution < 1.29 is 14.3 Å². The number of nitrogens with zero attached hydrogens (tertiary/aromatic N) is 1. The smallest absolute Gasteiger partial charge is 0.330 e. The third-order valence-corrected chi connectivity index (χ3v) is 4.88. The number of rotatable bonds is 4. The van der Waals surface area contributed by atoms with E-state index in [2.05, 4.69) is 4.98 Å². The first kappa shape index (κ1) is 17.5. The van der Waals surface area contributed by atoms with E-state index in [0.717, 1.165) is 12.8 Å². The molecule has 7 nitrogen and oxygen atoms in total. The number of aromatic nitrogens is 2. The Labute approximate surface area is 134 Å². The van der Waals surface area contributed by atoms with Gasteiger partial charge < -0.3 is 9.47 Å². The number of aromatic amines is 1. The maximum Gasteiger partial charge on any atom is 0.330 e. The highest BCUT2D eigenvalue weighted by Gasteiger charge is 2.53. The van der Waals surface area contributed by atoms with Crippen molar-refractivity contribution in [3.63, 3.8) is 0 Å². The summed E-state index contributed by atoms with van der Waals surface area (Å²) in [6.45, 7) is 8.93. The molecule has 0 radical (unpaired) electrons. The number of carbonyl (C=O) groups excluding carboxylic acids is 1. The summed E-state index contributed by atoms with van der Waals surface area (Å²) in [6, 6.07) is 0. The quantitative estimate of drug-likeness (QED) is 0.848. The van der Waals surface area contributed by atoms with E-state index in [1.54, 1.807) is 6.92 Å². The molecule has 1 unspecified atom stereocenters. The van der Waals surface area contributed by atoms with Crippen LogP contribution in [0.5, 0.6) is 0 Å². The van der Waals surface area contributed by atoms with E-state index in [1.807, 2.05) is 20.8 Å². The van der Waals surface area contributed by atoms with E-state index < -0.39 is 35.2 Å². The molecular weight excluding hydrogens is 300 g/mol. The second-order valence-corrected chi connectivity index (χ2v) is 6.12. The van der Waals surface area contributed by atoms with Gasteiger partial charge in [0.05, 0.1) is 5.60 Å². The summed E-state index contributed by atoms with van der Waals surface area (Å²) in [5.74, 6) is -0.502. The number of H-pyrrole nitrogens is 1. The van der Waals surface area contributed by atoms with Crippen molar-refractivity contribution in [2.75, 3.05) is 0 Å². The average molecular weight is 324 g/mol. The maximum absolute atomic E-state index is 12.2. The lowest BCUT2D eigenvalue weighted by atomic mass is 9.83. The first-order valence-corrected chi connectivity index (χ1v) is 7.92. The highest BCUT2D eigenvalue weighted by atomic mass is 16.6. The lowest BCUT2D eigenvalue weighted by Crippen LogP contribution is -2.38. The van der Waals surface area contributed by atoms with Crippen LogP contribution in [0.15, 0.2) is 15.8 Å². The van der Waals surface area contributed by atoms with Crippen LogP contribution in [0.3, 0.4) is 0 Å². The lowest BCUT2D eigenvalue weighted by molar-refractivity contribution is -0.154. The Hall–Kier alpha value is -1.89. The van der Waals surface area contributed by atoms with Crippen LogP contribution in [-0.2, 0) is 14.3 Å². The molecule has 0 aliphatic carbocycles. The number of aryl methyl sites for hydroxylation is 1. The van der Waals surface area contributed by atoms with Gasteiger partial charge in [0, 0.05) is 24.6 Å². The Kier molecular flexibility index (Phi) is 4.79. The molecule has 3 atom stereocenters. The summed E-state index contributed by atoms with van der Waals surface area (Å²) in [5, 5.41) is 0. The van der Waals surface area contributed by atoms with E-state index >= 15 is 0 Å². The first-order chi connectivity index (χ1) is 10.8. The van der Waals surface area contributed by atoms with Crippen LogP contribution in [0.4, 0.5) is 0 Å². The van der Waals surface area contributed by atoms with Gasteiger partial charge in [0.15, 0.2) is 12.3 Å². The van der Waals surface area contributed by atoms with Crippen LogP contribution >= 0.6 is 0 Å². The van der Waals surface area contributed by atoms with Gasteiger partial charge in [-0.25, -0.2) is 4.79 Å². The van der Waals surface area contributed by atoms with Crippen molar-refractivity contribution in [1.29, 1.82) is 0 Å². The fourth-order valence-electron chi connectivity index (χ4n) is 3.36. The Morgan fingerprint density at radius 1 is 1.39 bits per heavy atom. The van der Waals surface area contributed by atoms with Gasteiger partial charge in [-0.3, -0.25) is 19.1 Å². The van der Waals surface area contributed by atoms with Crippen molar-refractivity contribution >= 4 is 5.97 Å². The molecule has 23 heavy (non-hydrogen) atoms. The minimum atomic E-state index is -0.753. The van der Waals surface area contributed by atoms with Crippen molar-refractivity contribution in [2.45, 2.75) is 65.4 Å². The lowest BCUT2D eigenvalue weighted by Gasteiger charge is -2.30. The molecule has 1 N–H and O–H groups in total. The van der Waals surface area contributed by atoms with Crippen LogP contribution in [-0.4, -0.2) is 27.2 Å². The van der Waals surface area contributed by atoms with Crippen LogP contribution in [0, 0.1) is 12.8 Å². The molecular formula is C16H24N2O5. The van der Waals surface area contributed by atoms with E-state index in [1.165, 1.54) is 17.7 Å². The summed E-state index contributed by atoms with van der Waals surface area (Å²) in [4.78, 5) is 37.5. The fraction of sp³-hybridized carbons (Fsp3) is 0.688. The largest absolute Gasteiger partial charge is 0.457 e. The Morgan fingerprint density at radius 2 is 2.00 bits per heavy atom. The van der Waals surface area contributed by atoms with E-state index in [4.69, 9.17) is 9.47 Å². The molecule has 0 aromatic carbocycles. The van der Waals surface area contributed by atoms with Crippen LogP contribution in [0.2, 0.25) is 0 Å². The summed E-state index contributed by atoms with van der Waals surface area (Å²) in [5.41, 5.74) is -1.08. The monoisotopic (exact) mass is 324 g/mol. The highest BCUT2D eigenvalue weighted by Crippen LogP contribution is 2.46. The number of ether oxygens (including phenoxy) is 2. The van der Waals surface area contributed by atoms with Crippen LogP contribution in [0.1, 0.15) is 52.3 Å². The van der Waals surface area contributed by atoms with Crippen molar-refractivity contribution in [3.05, 3.63) is 32.6 Å². The van der Waals surface area contributed by atoms with Gasteiger partial charge in [-0.05, 0) is 19.8 Å². The van der Waals surface area contributed by atoms with Gasteiger partial charge >= 0.3 is 11.7 Å². The minimum Gasteiger partial charge on any atom is -0.457 e. The third-order valence-electron chi connectivity index (χ3n) is 4.88. The van der Waals surface area contributed by atoms with E-state index in [0.29, 0.717) is 5.56 Å². The van der Waals surface area contributed by atoms with Crippen molar-refractivity contribution in [2.24, 2.45) is 5.92 Å². The Bertz CT molecular complexity index is 701. The second-order valence-electron chi connectivity index (χ2n) is 6.12. The predicted octanol–water partition coefficient (Wildman–Crippen LogP) is 1.50. The summed E-state index contributed by atoms with van der Waals surface area (Å²) < 4.78 is 13.0. The van der Waals surface area contributed by atoms with Gasteiger partial charge in [0.25, 0.3) is 5.56 Å². The normalized spacial score (nSPS) is 26.2. The number of nitrogens with one attached hydrogen (secondary N) is 1. The minimum absolute atomic E-state index is 0.0782. The molecule has 1 fully saturated rings. The zero-order chi connectivity index (χ0) is 17.4. The molecule has 1 aliphatic rings. The molecule has 2 rings (SSSR count). The van der Waals surface area contributed by atoms with E-state index in [9.17, 15) is 14.4 Å². The zero-order valence-electron chi connectivity index (χ0n) is 14.2. The molecule has 128 valence electrons.